The number of nitrogens with zero attached hydrogens (tertiary/aromatic N) is 3. The van der Waals surface area contributed by atoms with Crippen molar-refractivity contribution in [3.8, 4) is 0 Å². The number of ether oxygens (including phenoxy) is 1. The van der Waals surface area contributed by atoms with E-state index in [0.717, 1.165) is 37.8 Å². The van der Waals surface area contributed by atoms with Crippen LogP contribution in [0.15, 0.2) is 17.3 Å². The summed E-state index contributed by atoms with van der Waals surface area (Å²) in [5.41, 5.74) is 1.10. The highest BCUT2D eigenvalue weighted by atomic mass is 16.5. The third-order valence-electron chi connectivity index (χ3n) is 3.94. The minimum Gasteiger partial charge on any atom is -0.378 e. The SMILES string of the molecule is CCNC(=NCc1ccnn1C)NCCCOC1CCCC1. The summed E-state index contributed by atoms with van der Waals surface area (Å²) in [5, 5.41) is 10.8. The Bertz CT molecular complexity index is 451. The Kier molecular flexibility index (Phi) is 7.22. The molecule has 1 saturated carbocycles. The van der Waals surface area contributed by atoms with Crippen LogP contribution in [0.2, 0.25) is 0 Å². The highest BCUT2D eigenvalue weighted by Crippen LogP contribution is 2.20. The van der Waals surface area contributed by atoms with Gasteiger partial charge in [0.05, 0.1) is 18.3 Å². The molecule has 124 valence electrons. The Hall–Kier alpha value is -1.56. The van der Waals surface area contributed by atoms with E-state index in [1.807, 2.05) is 17.8 Å². The van der Waals surface area contributed by atoms with Gasteiger partial charge >= 0.3 is 0 Å². The second kappa shape index (κ2) is 9.46. The van der Waals surface area contributed by atoms with E-state index in [2.05, 4.69) is 27.6 Å². The number of guanidine groups is 1. The third kappa shape index (κ3) is 5.67. The first-order valence-corrected chi connectivity index (χ1v) is 8.40. The van der Waals surface area contributed by atoms with E-state index in [0.29, 0.717) is 12.6 Å². The lowest BCUT2D eigenvalue weighted by Crippen LogP contribution is -2.38. The summed E-state index contributed by atoms with van der Waals surface area (Å²) >= 11 is 0. The van der Waals surface area contributed by atoms with Crippen LogP contribution in [-0.4, -0.2) is 41.5 Å². The molecule has 1 aliphatic rings. The van der Waals surface area contributed by atoms with Gasteiger partial charge in [-0.25, -0.2) is 4.99 Å². The number of aryl methyl sites for hydroxylation is 1. The molecule has 2 N–H and O–H groups in total. The smallest absolute Gasteiger partial charge is 0.191 e. The largest absolute Gasteiger partial charge is 0.378 e. The van der Waals surface area contributed by atoms with Crippen molar-refractivity contribution in [2.24, 2.45) is 12.0 Å². The Balaban J connectivity index is 1.65. The van der Waals surface area contributed by atoms with Gasteiger partial charge in [0.25, 0.3) is 0 Å². The summed E-state index contributed by atoms with van der Waals surface area (Å²) in [4.78, 5) is 4.58. The fraction of sp³-hybridized carbons (Fsp3) is 0.750. The molecule has 1 fully saturated rings. The van der Waals surface area contributed by atoms with Crippen molar-refractivity contribution >= 4 is 5.96 Å². The average molecular weight is 307 g/mol. The zero-order valence-electron chi connectivity index (χ0n) is 13.8. The van der Waals surface area contributed by atoms with Gasteiger partial charge in [0, 0.05) is 32.9 Å². The van der Waals surface area contributed by atoms with Gasteiger partial charge in [-0.05, 0) is 32.3 Å². The van der Waals surface area contributed by atoms with E-state index in [4.69, 9.17) is 4.74 Å². The molecule has 2 rings (SSSR count). The fourth-order valence-corrected chi connectivity index (χ4v) is 2.64. The topological polar surface area (TPSA) is 63.5 Å². The molecule has 6 nitrogen and oxygen atoms in total. The van der Waals surface area contributed by atoms with Crippen LogP contribution < -0.4 is 10.6 Å². The Morgan fingerprint density at radius 2 is 2.23 bits per heavy atom. The van der Waals surface area contributed by atoms with Crippen molar-refractivity contribution in [3.05, 3.63) is 18.0 Å². The normalized spacial score (nSPS) is 16.2. The maximum absolute atomic E-state index is 5.87. The number of nitrogens with one attached hydrogen (secondary N) is 2. The van der Waals surface area contributed by atoms with Crippen LogP contribution in [0.4, 0.5) is 0 Å². The zero-order valence-corrected chi connectivity index (χ0v) is 13.8. The van der Waals surface area contributed by atoms with Crippen molar-refractivity contribution in [2.75, 3.05) is 19.7 Å². The number of hydrogen-bond acceptors (Lipinski definition) is 3. The van der Waals surface area contributed by atoms with Crippen LogP contribution >= 0.6 is 0 Å². The molecule has 1 aromatic heterocycles. The minimum atomic E-state index is 0.506. The first-order valence-electron chi connectivity index (χ1n) is 8.40. The Morgan fingerprint density at radius 1 is 1.41 bits per heavy atom. The van der Waals surface area contributed by atoms with E-state index < -0.39 is 0 Å². The van der Waals surface area contributed by atoms with Gasteiger partial charge in [-0.3, -0.25) is 4.68 Å². The van der Waals surface area contributed by atoms with Gasteiger partial charge in [-0.15, -0.1) is 0 Å². The molecule has 0 amide bonds. The number of aliphatic imine (C=N–C) groups is 1. The van der Waals surface area contributed by atoms with Crippen LogP contribution in [0, 0.1) is 0 Å². The zero-order chi connectivity index (χ0) is 15.6. The molecule has 0 saturated heterocycles. The van der Waals surface area contributed by atoms with Crippen LogP contribution in [-0.2, 0) is 18.3 Å². The van der Waals surface area contributed by atoms with Crippen molar-refractivity contribution in [3.63, 3.8) is 0 Å². The first-order chi connectivity index (χ1) is 10.8. The Labute approximate surface area is 133 Å². The lowest BCUT2D eigenvalue weighted by molar-refractivity contribution is 0.0574. The second-order valence-corrected chi connectivity index (χ2v) is 5.70. The van der Waals surface area contributed by atoms with E-state index in [1.165, 1.54) is 25.7 Å². The molecule has 0 unspecified atom stereocenters. The van der Waals surface area contributed by atoms with Crippen molar-refractivity contribution in [2.45, 2.75) is 51.7 Å². The van der Waals surface area contributed by atoms with Crippen molar-refractivity contribution in [1.82, 2.24) is 20.4 Å². The van der Waals surface area contributed by atoms with Gasteiger partial charge in [0.1, 0.15) is 0 Å². The maximum atomic E-state index is 5.87. The van der Waals surface area contributed by atoms with Gasteiger partial charge in [0.15, 0.2) is 5.96 Å². The van der Waals surface area contributed by atoms with Gasteiger partial charge in [-0.1, -0.05) is 12.8 Å². The number of rotatable bonds is 8. The van der Waals surface area contributed by atoms with E-state index in [1.54, 1.807) is 6.20 Å². The summed E-state index contributed by atoms with van der Waals surface area (Å²) < 4.78 is 7.72. The standard InChI is InChI=1S/C16H29N5O/c1-3-17-16(19-13-14-9-11-20-21(14)2)18-10-6-12-22-15-7-4-5-8-15/h9,11,15H,3-8,10,12-13H2,1-2H3,(H2,17,18,19). The molecular formula is C16H29N5O. The van der Waals surface area contributed by atoms with Gasteiger partial charge in [-0.2, -0.15) is 5.10 Å². The van der Waals surface area contributed by atoms with Crippen LogP contribution in [0.25, 0.3) is 0 Å². The highest BCUT2D eigenvalue weighted by molar-refractivity contribution is 5.79. The molecular weight excluding hydrogens is 278 g/mol. The fourth-order valence-electron chi connectivity index (χ4n) is 2.64. The molecule has 0 aromatic carbocycles. The van der Waals surface area contributed by atoms with E-state index in [9.17, 15) is 0 Å². The van der Waals surface area contributed by atoms with E-state index >= 15 is 0 Å². The monoisotopic (exact) mass is 307 g/mol. The van der Waals surface area contributed by atoms with Crippen molar-refractivity contribution in [1.29, 1.82) is 0 Å². The molecule has 1 heterocycles. The average Bonchev–Trinajstić information content (AvgIpc) is 3.16. The first kappa shape index (κ1) is 16.8. The second-order valence-electron chi connectivity index (χ2n) is 5.70. The molecule has 0 spiro atoms. The third-order valence-corrected chi connectivity index (χ3v) is 3.94. The summed E-state index contributed by atoms with van der Waals surface area (Å²) in [6.07, 6.45) is 8.44. The summed E-state index contributed by atoms with van der Waals surface area (Å²) in [5.74, 6) is 0.851. The summed E-state index contributed by atoms with van der Waals surface area (Å²) in [7, 11) is 1.94. The molecule has 0 radical (unpaired) electrons. The summed E-state index contributed by atoms with van der Waals surface area (Å²) in [6.45, 7) is 5.27. The molecule has 0 aliphatic heterocycles. The predicted molar refractivity (Wildman–Crippen MR) is 88.9 cm³/mol. The van der Waals surface area contributed by atoms with E-state index in [-0.39, 0.29) is 0 Å². The van der Waals surface area contributed by atoms with Crippen LogP contribution in [0.1, 0.15) is 44.7 Å². The predicted octanol–water partition coefficient (Wildman–Crippen LogP) is 1.82. The van der Waals surface area contributed by atoms with Crippen LogP contribution in [0.5, 0.6) is 0 Å². The molecule has 1 aromatic rings. The molecule has 0 atom stereocenters. The molecule has 1 aliphatic carbocycles. The Morgan fingerprint density at radius 3 is 2.91 bits per heavy atom. The lowest BCUT2D eigenvalue weighted by atomic mass is 10.3. The number of aromatic nitrogens is 2. The van der Waals surface area contributed by atoms with Crippen LogP contribution in [0.3, 0.4) is 0 Å². The molecule has 22 heavy (non-hydrogen) atoms. The lowest BCUT2D eigenvalue weighted by Gasteiger charge is -2.13. The maximum Gasteiger partial charge on any atom is 0.191 e. The minimum absolute atomic E-state index is 0.506. The van der Waals surface area contributed by atoms with Gasteiger partial charge in [0.2, 0.25) is 0 Å². The van der Waals surface area contributed by atoms with Crippen molar-refractivity contribution < 1.29 is 4.74 Å². The summed E-state index contributed by atoms with van der Waals surface area (Å²) in [6, 6.07) is 1.99. The molecule has 6 heteroatoms. The molecule has 0 bridgehead atoms. The number of hydrogen-bond donors (Lipinski definition) is 2. The quantitative estimate of drug-likeness (QED) is 0.437. The highest BCUT2D eigenvalue weighted by Gasteiger charge is 2.14. The van der Waals surface area contributed by atoms with Gasteiger partial charge < -0.3 is 15.4 Å².